The summed E-state index contributed by atoms with van der Waals surface area (Å²) in [6.45, 7) is 5.56. The monoisotopic (exact) mass is 328 g/mol. The molecule has 0 unspecified atom stereocenters. The molecular formula is C13H20N4O2S2. The Morgan fingerprint density at radius 2 is 2.19 bits per heavy atom. The van der Waals surface area contributed by atoms with Crippen molar-refractivity contribution in [2.75, 3.05) is 6.54 Å². The van der Waals surface area contributed by atoms with Crippen molar-refractivity contribution in [1.82, 2.24) is 20.0 Å². The number of aromatic nitrogens is 2. The minimum atomic E-state index is -3.52. The average molecular weight is 328 g/mol. The number of sulfonamides is 1. The quantitative estimate of drug-likeness (QED) is 0.644. The number of hydrogen-bond donors (Lipinski definition) is 3. The van der Waals surface area contributed by atoms with Gasteiger partial charge in [0.25, 0.3) is 0 Å². The third kappa shape index (κ3) is 4.13. The Balaban J connectivity index is 2.13. The molecule has 2 aromatic heterocycles. The smallest absolute Gasteiger partial charge is 0.242 e. The molecule has 0 spiro atoms. The van der Waals surface area contributed by atoms with Crippen molar-refractivity contribution in [3.05, 3.63) is 34.0 Å². The van der Waals surface area contributed by atoms with Gasteiger partial charge in [-0.05, 0) is 30.8 Å². The van der Waals surface area contributed by atoms with E-state index in [0.717, 1.165) is 29.1 Å². The van der Waals surface area contributed by atoms with Crippen molar-refractivity contribution >= 4 is 21.4 Å². The number of nitrogens with one attached hydrogen (secondary N) is 3. The predicted octanol–water partition coefficient (Wildman–Crippen LogP) is 1.76. The summed E-state index contributed by atoms with van der Waals surface area (Å²) < 4.78 is 27.6. The second-order valence-electron chi connectivity index (χ2n) is 4.75. The summed E-state index contributed by atoms with van der Waals surface area (Å²) in [5, 5.41) is 5.13. The van der Waals surface area contributed by atoms with Crippen LogP contribution in [0.4, 0.5) is 0 Å². The Morgan fingerprint density at radius 1 is 1.38 bits per heavy atom. The normalized spacial score (nSPS) is 11.9. The van der Waals surface area contributed by atoms with E-state index < -0.39 is 10.0 Å². The summed E-state index contributed by atoms with van der Waals surface area (Å²) in [6.07, 6.45) is 4.15. The number of aryl methyl sites for hydroxylation is 1. The second kappa shape index (κ2) is 7.17. The lowest BCUT2D eigenvalue weighted by atomic mass is 10.3. The van der Waals surface area contributed by atoms with Crippen molar-refractivity contribution in [3.63, 3.8) is 0 Å². The first-order valence-corrected chi connectivity index (χ1v) is 9.15. The zero-order valence-electron chi connectivity index (χ0n) is 12.1. The molecule has 0 aliphatic carbocycles. The van der Waals surface area contributed by atoms with Gasteiger partial charge in [0.2, 0.25) is 10.0 Å². The third-order valence-corrected chi connectivity index (χ3v) is 5.84. The molecule has 3 N–H and O–H groups in total. The molecule has 0 radical (unpaired) electrons. The maximum atomic E-state index is 12.5. The zero-order chi connectivity index (χ0) is 15.3. The molecule has 2 heterocycles. The average Bonchev–Trinajstić information content (AvgIpc) is 3.07. The molecule has 6 nitrogen and oxygen atoms in total. The van der Waals surface area contributed by atoms with E-state index in [4.69, 9.17) is 0 Å². The SMILES string of the molecule is CCCNCc1scc(C)c1S(=O)(=O)NCc1cnc[nH]1. The van der Waals surface area contributed by atoms with E-state index in [9.17, 15) is 8.42 Å². The van der Waals surface area contributed by atoms with Crippen LogP contribution in [0, 0.1) is 6.92 Å². The maximum absolute atomic E-state index is 12.5. The van der Waals surface area contributed by atoms with Crippen LogP contribution in [-0.2, 0) is 23.1 Å². The second-order valence-corrected chi connectivity index (χ2v) is 7.42. The first-order chi connectivity index (χ1) is 10.0. The number of nitrogens with zero attached hydrogens (tertiary/aromatic N) is 1. The van der Waals surface area contributed by atoms with Gasteiger partial charge in [0, 0.05) is 23.3 Å². The molecule has 0 aliphatic heterocycles. The Labute approximate surface area is 129 Å². The standard InChI is InChI=1S/C13H20N4O2S2/c1-3-4-14-7-12-13(10(2)8-20-12)21(18,19)17-6-11-5-15-9-16-11/h5,8-9,14,17H,3-4,6-7H2,1-2H3,(H,15,16). The Hall–Kier alpha value is -1.22. The van der Waals surface area contributed by atoms with Crippen molar-refractivity contribution in [2.45, 2.75) is 38.3 Å². The van der Waals surface area contributed by atoms with Crippen LogP contribution in [0.5, 0.6) is 0 Å². The molecule has 0 bridgehead atoms. The molecular weight excluding hydrogens is 308 g/mol. The number of aromatic amines is 1. The minimum absolute atomic E-state index is 0.208. The van der Waals surface area contributed by atoms with Crippen LogP contribution in [-0.4, -0.2) is 24.9 Å². The van der Waals surface area contributed by atoms with E-state index in [1.807, 2.05) is 12.3 Å². The Kier molecular flexibility index (Phi) is 5.51. The fraction of sp³-hybridized carbons (Fsp3) is 0.462. The van der Waals surface area contributed by atoms with Crippen LogP contribution < -0.4 is 10.0 Å². The maximum Gasteiger partial charge on any atom is 0.242 e. The topological polar surface area (TPSA) is 86.9 Å². The zero-order valence-corrected chi connectivity index (χ0v) is 13.8. The highest BCUT2D eigenvalue weighted by Crippen LogP contribution is 2.26. The molecule has 2 aromatic rings. The van der Waals surface area contributed by atoms with Crippen molar-refractivity contribution in [2.24, 2.45) is 0 Å². The summed E-state index contributed by atoms with van der Waals surface area (Å²) in [5.41, 5.74) is 1.52. The highest BCUT2D eigenvalue weighted by molar-refractivity contribution is 7.89. The van der Waals surface area contributed by atoms with Gasteiger partial charge in [-0.3, -0.25) is 0 Å². The van der Waals surface area contributed by atoms with Gasteiger partial charge in [0.05, 0.1) is 12.9 Å². The van der Waals surface area contributed by atoms with Gasteiger partial charge >= 0.3 is 0 Å². The first kappa shape index (κ1) is 16.2. The molecule has 21 heavy (non-hydrogen) atoms. The van der Waals surface area contributed by atoms with Crippen molar-refractivity contribution in [1.29, 1.82) is 0 Å². The molecule has 2 rings (SSSR count). The number of thiophene rings is 1. The number of rotatable bonds is 8. The van der Waals surface area contributed by atoms with Gasteiger partial charge in [-0.25, -0.2) is 18.1 Å². The van der Waals surface area contributed by atoms with Crippen LogP contribution in [0.25, 0.3) is 0 Å². The van der Waals surface area contributed by atoms with Crippen LogP contribution in [0.15, 0.2) is 22.8 Å². The Morgan fingerprint density at radius 3 is 2.86 bits per heavy atom. The molecule has 0 aliphatic rings. The van der Waals surface area contributed by atoms with E-state index in [1.165, 1.54) is 17.7 Å². The van der Waals surface area contributed by atoms with Gasteiger partial charge in [-0.15, -0.1) is 11.3 Å². The van der Waals surface area contributed by atoms with E-state index in [1.54, 1.807) is 6.20 Å². The number of H-pyrrole nitrogens is 1. The molecule has 0 aromatic carbocycles. The van der Waals surface area contributed by atoms with Crippen LogP contribution in [0.3, 0.4) is 0 Å². The summed E-state index contributed by atoms with van der Waals surface area (Å²) in [4.78, 5) is 7.99. The molecule has 0 saturated heterocycles. The third-order valence-electron chi connectivity index (χ3n) is 2.98. The fourth-order valence-electron chi connectivity index (χ4n) is 1.98. The summed E-state index contributed by atoms with van der Waals surface area (Å²) in [6, 6.07) is 0. The molecule has 0 fully saturated rings. The van der Waals surface area contributed by atoms with Crippen molar-refractivity contribution < 1.29 is 8.42 Å². The lowest BCUT2D eigenvalue weighted by Gasteiger charge is -2.09. The summed E-state index contributed by atoms with van der Waals surface area (Å²) in [5.74, 6) is 0. The predicted molar refractivity (Wildman–Crippen MR) is 83.7 cm³/mol. The Bertz CT molecular complexity index is 662. The molecule has 8 heteroatoms. The van der Waals surface area contributed by atoms with Crippen molar-refractivity contribution in [3.8, 4) is 0 Å². The molecule has 0 saturated carbocycles. The first-order valence-electron chi connectivity index (χ1n) is 6.79. The van der Waals surface area contributed by atoms with E-state index >= 15 is 0 Å². The van der Waals surface area contributed by atoms with E-state index in [2.05, 4.69) is 26.9 Å². The van der Waals surface area contributed by atoms with Gasteiger partial charge < -0.3 is 10.3 Å². The van der Waals surface area contributed by atoms with Crippen LogP contribution in [0.2, 0.25) is 0 Å². The minimum Gasteiger partial charge on any atom is -0.347 e. The molecule has 0 amide bonds. The van der Waals surface area contributed by atoms with Crippen LogP contribution >= 0.6 is 11.3 Å². The molecule has 116 valence electrons. The molecule has 0 atom stereocenters. The van der Waals surface area contributed by atoms with E-state index in [-0.39, 0.29) is 6.54 Å². The highest BCUT2D eigenvalue weighted by atomic mass is 32.2. The largest absolute Gasteiger partial charge is 0.347 e. The van der Waals surface area contributed by atoms with Gasteiger partial charge in [-0.1, -0.05) is 6.92 Å². The lowest BCUT2D eigenvalue weighted by molar-refractivity contribution is 0.578. The summed E-state index contributed by atoms with van der Waals surface area (Å²) >= 11 is 1.47. The van der Waals surface area contributed by atoms with Crippen LogP contribution in [0.1, 0.15) is 29.5 Å². The fourth-order valence-corrected chi connectivity index (χ4v) is 4.76. The highest BCUT2D eigenvalue weighted by Gasteiger charge is 2.22. The summed E-state index contributed by atoms with van der Waals surface area (Å²) in [7, 11) is -3.52. The number of imidazole rings is 1. The number of hydrogen-bond acceptors (Lipinski definition) is 5. The lowest BCUT2D eigenvalue weighted by Crippen LogP contribution is -2.25. The van der Waals surface area contributed by atoms with E-state index in [0.29, 0.717) is 11.4 Å². The van der Waals surface area contributed by atoms with Gasteiger partial charge in [0.1, 0.15) is 4.90 Å². The van der Waals surface area contributed by atoms with Gasteiger partial charge in [-0.2, -0.15) is 0 Å². The van der Waals surface area contributed by atoms with Gasteiger partial charge in [0.15, 0.2) is 0 Å².